The Labute approximate surface area is 632 Å². The van der Waals surface area contributed by atoms with Crippen LogP contribution in [0.25, 0.3) is 22.5 Å². The first-order valence-corrected chi connectivity index (χ1v) is 34.9. The molecule has 102 heavy (non-hydrogen) atoms. The number of pyridine rings is 2. The Morgan fingerprint density at radius 2 is 0.961 bits per heavy atom. The van der Waals surface area contributed by atoms with Gasteiger partial charge in [0, 0.05) is 146 Å². The van der Waals surface area contributed by atoms with E-state index in [9.17, 15) is 19.2 Å². The van der Waals surface area contributed by atoms with Crippen LogP contribution in [0, 0.1) is 13.8 Å². The van der Waals surface area contributed by atoms with Gasteiger partial charge in [0.1, 0.15) is 0 Å². The fraction of sp³-hybridized carbons (Fsp3) is 0.343. The van der Waals surface area contributed by atoms with Gasteiger partial charge in [0.05, 0.1) is 74.0 Å². The Balaban J connectivity index is 0.000000318. The average Bonchev–Trinajstić information content (AvgIpc) is 0.847. The second-order valence-electron chi connectivity index (χ2n) is 24.7. The van der Waals surface area contributed by atoms with E-state index in [2.05, 4.69) is 84.4 Å². The van der Waals surface area contributed by atoms with Crippen molar-refractivity contribution >= 4 is 105 Å². The number of rotatable bonds is 22. The van der Waals surface area contributed by atoms with Crippen molar-refractivity contribution in [2.45, 2.75) is 66.8 Å². The molecule has 0 unspecified atom stereocenters. The summed E-state index contributed by atoms with van der Waals surface area (Å²) in [5.74, 6) is 0.535. The van der Waals surface area contributed by atoms with Crippen LogP contribution in [0.15, 0.2) is 159 Å². The maximum absolute atomic E-state index is 13.1. The number of aromatic nitrogens is 6. The zero-order valence-corrected chi connectivity index (χ0v) is 63.8. The standard InChI is InChI=1S/2C34H39N7O4.2CH4O3S.Ag.HI/c2*1-24(2)45-34(43)44-23-41(4)18-16-40(17-19-41)22-26-8-10-27(11-9-26)32(42)37-29-12-7-25(3)31(20-29)39-33-36-15-13-30(38-33)28-6-5-14-35-21-28;1-5(2,3)4;1-5-4-3-2;;/h2*5-15,20-21,24H,16-19,22-23H2,1-4H3,(H-,36,37,38,39,42);1H3,(H,2,3,4);2H,1H3;;1H/q;;;;+1;. The quantitative estimate of drug-likeness (QED) is 0.00716. The fourth-order valence-electron chi connectivity index (χ4n) is 9.99. The summed E-state index contributed by atoms with van der Waals surface area (Å²) in [4.78, 5) is 80.8. The topological polar surface area (TPSA) is 336 Å². The van der Waals surface area contributed by atoms with Crippen molar-refractivity contribution in [3.8, 4) is 22.5 Å². The second kappa shape index (κ2) is 41.8. The van der Waals surface area contributed by atoms with Crippen molar-refractivity contribution in [3.63, 3.8) is 0 Å². The SMILES string of the molecule is CS(=O)(=O)[O-].CSOO[O-].Cc1ccc(NC(=O)c2ccc(CN3CC[N+](C)(COC(=O)OC(C)C)CC3)cc2)cc1Nc1nccc(-c2cccnc2)n1.Cc1ccc(NC(=O)c2ccc(CN3CC[N+](C)(COC(=O)OC(C)C)CC3)cc2)cc1Nc1nccc(-c2cccnc2)n1.I.[Ag+]. The van der Waals surface area contributed by atoms with Gasteiger partial charge in [-0.05, 0) is 149 Å². The van der Waals surface area contributed by atoms with Crippen molar-refractivity contribution in [2.24, 2.45) is 0 Å². The first-order valence-electron chi connectivity index (χ1n) is 31.9. The third-order valence-electron chi connectivity index (χ3n) is 15.5. The van der Waals surface area contributed by atoms with E-state index in [1.807, 2.05) is 135 Å². The minimum atomic E-state index is -3.92. The van der Waals surface area contributed by atoms with Crippen LogP contribution in [0.5, 0.6) is 0 Å². The monoisotopic (exact) mass is 1650 g/mol. The van der Waals surface area contributed by atoms with Crippen LogP contribution in [-0.4, -0.2) is 190 Å². The summed E-state index contributed by atoms with van der Waals surface area (Å²) in [6, 6.07) is 38.1. The van der Waals surface area contributed by atoms with Gasteiger partial charge in [0.25, 0.3) is 11.8 Å². The molecular formula is C70H87AgIN14O14S2+. The maximum atomic E-state index is 13.1. The third-order valence-corrected chi connectivity index (χ3v) is 15.7. The Kier molecular flexibility index (Phi) is 34.7. The number of benzene rings is 4. The van der Waals surface area contributed by atoms with Gasteiger partial charge in [-0.2, -0.15) is 4.33 Å². The normalized spacial score (nSPS) is 13.8. The van der Waals surface area contributed by atoms with E-state index in [0.29, 0.717) is 63.1 Å². The van der Waals surface area contributed by atoms with Gasteiger partial charge in [0.15, 0.2) is 0 Å². The number of quaternary nitrogens is 2. The number of piperazine rings is 2. The number of aryl methyl sites for hydroxylation is 2. The van der Waals surface area contributed by atoms with E-state index in [1.54, 1.807) is 71.1 Å². The smallest absolute Gasteiger partial charge is 0.748 e. The number of nitrogens with one attached hydrogen (secondary N) is 4. The Hall–Kier alpha value is -8.13. The molecule has 0 radical (unpaired) electrons. The van der Waals surface area contributed by atoms with E-state index < -0.39 is 22.4 Å². The van der Waals surface area contributed by atoms with Crippen LogP contribution >= 0.6 is 36.0 Å². The molecule has 0 saturated carbocycles. The van der Waals surface area contributed by atoms with E-state index in [0.717, 1.165) is 134 Å². The molecule has 2 fully saturated rings. The molecule has 2 aliphatic rings. The predicted octanol–water partition coefficient (Wildman–Crippen LogP) is 10.5. The molecule has 10 rings (SSSR count). The van der Waals surface area contributed by atoms with Gasteiger partial charge in [0.2, 0.25) is 25.4 Å². The van der Waals surface area contributed by atoms with Gasteiger partial charge < -0.3 is 50.0 Å². The molecule has 8 aromatic rings. The van der Waals surface area contributed by atoms with E-state index in [1.165, 1.54) is 0 Å². The molecule has 0 bridgehead atoms. The number of carbonyl (C=O) groups is 4. The van der Waals surface area contributed by atoms with Gasteiger partial charge in [-0.25, -0.2) is 37.9 Å². The molecule has 550 valence electrons. The molecule has 2 amide bonds. The number of hydrogen-bond acceptors (Lipinski definition) is 25. The number of nitrogens with zero attached hydrogens (tertiary/aromatic N) is 10. The van der Waals surface area contributed by atoms with Crippen LogP contribution in [-0.2, 0) is 73.9 Å². The Morgan fingerprint density at radius 1 is 0.588 bits per heavy atom. The van der Waals surface area contributed by atoms with Crippen molar-refractivity contribution in [2.75, 3.05) is 114 Å². The number of ether oxygens (including phenoxy) is 4. The average molecular weight is 1650 g/mol. The molecule has 0 spiro atoms. The molecule has 2 aliphatic heterocycles. The molecule has 0 atom stereocenters. The summed E-state index contributed by atoms with van der Waals surface area (Å²) in [6.45, 7) is 20.3. The zero-order chi connectivity index (χ0) is 72.2. The Morgan fingerprint density at radius 3 is 1.27 bits per heavy atom. The van der Waals surface area contributed by atoms with Crippen LogP contribution in [0.2, 0.25) is 0 Å². The number of anilines is 6. The first-order chi connectivity index (χ1) is 47.7. The number of halogens is 1. The van der Waals surface area contributed by atoms with Gasteiger partial charge in [-0.3, -0.25) is 43.4 Å². The summed E-state index contributed by atoms with van der Waals surface area (Å²) in [7, 11) is 0.269. The molecule has 2 saturated heterocycles. The maximum Gasteiger partial charge on any atom is 1.00 e. The minimum absolute atomic E-state index is 0. The summed E-state index contributed by atoms with van der Waals surface area (Å²) < 4.78 is 53.0. The van der Waals surface area contributed by atoms with Crippen molar-refractivity contribution in [1.82, 2.24) is 39.7 Å². The molecule has 4 aromatic heterocycles. The first kappa shape index (κ1) is 84.5. The summed E-state index contributed by atoms with van der Waals surface area (Å²) >= 11 is 0.867. The molecule has 6 heterocycles. The molecular weight excluding hydrogens is 1560 g/mol. The molecule has 0 aliphatic carbocycles. The number of likely N-dealkylation sites (N-methyl/N-ethyl adjacent to an activating group) is 2. The number of amides is 2. The van der Waals surface area contributed by atoms with E-state index >= 15 is 0 Å². The van der Waals surface area contributed by atoms with Crippen molar-refractivity contribution < 1.29 is 97.1 Å². The predicted molar refractivity (Wildman–Crippen MR) is 392 cm³/mol. The van der Waals surface area contributed by atoms with Gasteiger partial charge in [-0.15, -0.1) is 24.0 Å². The number of hydrogen-bond donors (Lipinski definition) is 4. The minimum Gasteiger partial charge on any atom is -0.748 e. The van der Waals surface area contributed by atoms with Gasteiger partial charge in [-0.1, -0.05) is 36.4 Å². The molecule has 28 nitrogen and oxygen atoms in total. The van der Waals surface area contributed by atoms with Crippen LogP contribution in [0.4, 0.5) is 44.2 Å². The van der Waals surface area contributed by atoms with Crippen LogP contribution in [0.1, 0.15) is 70.7 Å². The third kappa shape index (κ3) is 29.7. The second-order valence-corrected chi connectivity index (χ2v) is 26.6. The van der Waals surface area contributed by atoms with Crippen LogP contribution in [0.3, 0.4) is 0 Å². The van der Waals surface area contributed by atoms with Gasteiger partial charge >= 0.3 is 34.7 Å². The van der Waals surface area contributed by atoms with E-state index in [-0.39, 0.29) is 70.4 Å². The number of carbonyl (C=O) groups excluding carboxylic acids is 4. The van der Waals surface area contributed by atoms with Crippen LogP contribution < -0.4 is 26.5 Å². The molecule has 4 aromatic carbocycles. The van der Waals surface area contributed by atoms with E-state index in [4.69, 9.17) is 37.2 Å². The summed E-state index contributed by atoms with van der Waals surface area (Å²) in [6.07, 6.45) is 10.9. The van der Waals surface area contributed by atoms with Crippen molar-refractivity contribution in [3.05, 3.63) is 192 Å². The zero-order valence-electron chi connectivity index (χ0n) is 58.4. The summed E-state index contributed by atoms with van der Waals surface area (Å²) in [5, 5.41) is 24.3. The molecule has 4 N–H and O–H groups in total. The summed E-state index contributed by atoms with van der Waals surface area (Å²) in [5.41, 5.74) is 11.7. The van der Waals surface area contributed by atoms with Crippen molar-refractivity contribution in [1.29, 1.82) is 0 Å². The fourth-order valence-corrected chi connectivity index (χ4v) is 10.1. The molecule has 32 heteroatoms. The largest absolute Gasteiger partial charge is 1.00 e. The Bertz CT molecular complexity index is 3800.